The fraction of sp³-hybridized carbons (Fsp3) is 0. The average molecular weight is 1090 g/mol. The minimum Gasteiger partial charge on any atom is -0.436 e. The van der Waals surface area contributed by atoms with E-state index in [1.165, 1.54) is 0 Å². The van der Waals surface area contributed by atoms with Gasteiger partial charge in [0.1, 0.15) is 5.52 Å². The molecule has 10 heterocycles. The van der Waals surface area contributed by atoms with Crippen molar-refractivity contribution in [2.24, 2.45) is 0 Å². The molecule has 0 unspecified atom stereocenters. The summed E-state index contributed by atoms with van der Waals surface area (Å²) in [6.07, 6.45) is 15.3. The minimum absolute atomic E-state index is 0.369. The number of hydrogen-bond donors (Lipinski definition) is 0. The van der Waals surface area contributed by atoms with Crippen molar-refractivity contribution in [1.29, 1.82) is 0 Å². The molecule has 0 aliphatic rings. The van der Waals surface area contributed by atoms with E-state index in [1.54, 1.807) is 0 Å². The van der Waals surface area contributed by atoms with Crippen LogP contribution in [0.3, 0.4) is 0 Å². The van der Waals surface area contributed by atoms with Gasteiger partial charge in [-0.3, -0.25) is 19.9 Å². The molecule has 18 aromatic rings. The van der Waals surface area contributed by atoms with E-state index in [-0.39, 0.29) is 0 Å². The van der Waals surface area contributed by atoms with Gasteiger partial charge in [0.15, 0.2) is 23.1 Å². The summed E-state index contributed by atoms with van der Waals surface area (Å²) in [6.45, 7) is 0. The maximum absolute atomic E-state index is 7.42. The summed E-state index contributed by atoms with van der Waals surface area (Å²) in [4.78, 5) is 42.5. The SMILES string of the molecule is c1ccc(-c2nc(-c3ccccc3)nc(-c3c(-n4c5ccccc5c5ccncc54)c(-n4c5ccccc5c5ccncc54)c(-c4nc5ccccc5o4)c(-n4c5ccccc5c5ccncc54)c3-n3c4ccccc4c4ccncc43)n2)cc1. The van der Waals surface area contributed by atoms with Crippen molar-refractivity contribution < 1.29 is 4.42 Å². The second kappa shape index (κ2) is 18.3. The number of nitrogens with zero attached hydrogens (tertiary/aromatic N) is 12. The fourth-order valence-corrected chi connectivity index (χ4v) is 13.1. The zero-order valence-electron chi connectivity index (χ0n) is 45.0. The molecule has 0 saturated carbocycles. The fourth-order valence-electron chi connectivity index (χ4n) is 13.1. The molecule has 0 bridgehead atoms. The van der Waals surface area contributed by atoms with Crippen LogP contribution in [0.5, 0.6) is 0 Å². The Kier molecular flexibility index (Phi) is 10.1. The van der Waals surface area contributed by atoms with Gasteiger partial charge in [-0.05, 0) is 60.7 Å². The Balaban J connectivity index is 1.23. The molecule has 13 nitrogen and oxygen atoms in total. The lowest BCUT2D eigenvalue weighted by atomic mass is 9.96. The molecule has 396 valence electrons. The molecule has 85 heavy (non-hydrogen) atoms. The molecule has 0 atom stereocenters. The molecule has 0 aliphatic carbocycles. The summed E-state index contributed by atoms with van der Waals surface area (Å²) < 4.78 is 16.8. The topological polar surface area (TPSA) is 136 Å². The highest BCUT2D eigenvalue weighted by atomic mass is 16.3. The maximum atomic E-state index is 7.42. The van der Waals surface area contributed by atoms with Crippen LogP contribution in [-0.4, -0.2) is 58.1 Å². The number of aromatic nitrogens is 12. The molecule has 0 saturated heterocycles. The number of benzene rings is 8. The van der Waals surface area contributed by atoms with Crippen LogP contribution in [0.15, 0.2) is 260 Å². The first-order valence-electron chi connectivity index (χ1n) is 28.0. The van der Waals surface area contributed by atoms with Gasteiger partial charge in [-0.1, -0.05) is 146 Å². The van der Waals surface area contributed by atoms with Crippen molar-refractivity contribution in [2.75, 3.05) is 0 Å². The molecule has 0 radical (unpaired) electrons. The van der Waals surface area contributed by atoms with E-state index in [0.717, 1.165) is 98.4 Å². The van der Waals surface area contributed by atoms with E-state index in [1.807, 2.05) is 110 Å². The van der Waals surface area contributed by atoms with Crippen molar-refractivity contribution in [2.45, 2.75) is 0 Å². The Bertz CT molecular complexity index is 5200. The molecular weight excluding hydrogens is 1050 g/mol. The lowest BCUT2D eigenvalue weighted by Crippen LogP contribution is -2.17. The maximum Gasteiger partial charge on any atom is 0.231 e. The third kappa shape index (κ3) is 6.86. The normalized spacial score (nSPS) is 12.0. The van der Waals surface area contributed by atoms with Gasteiger partial charge >= 0.3 is 0 Å². The lowest BCUT2D eigenvalue weighted by Gasteiger charge is -2.29. The van der Waals surface area contributed by atoms with Gasteiger partial charge < -0.3 is 22.7 Å². The van der Waals surface area contributed by atoms with Crippen molar-refractivity contribution in [3.05, 3.63) is 256 Å². The molecule has 0 aliphatic heterocycles. The molecule has 8 aromatic carbocycles. The summed E-state index contributed by atoms with van der Waals surface area (Å²) in [7, 11) is 0. The van der Waals surface area contributed by atoms with Crippen LogP contribution < -0.4 is 0 Å². The van der Waals surface area contributed by atoms with Crippen LogP contribution >= 0.6 is 0 Å². The van der Waals surface area contributed by atoms with Crippen LogP contribution in [0.4, 0.5) is 0 Å². The molecule has 0 N–H and O–H groups in total. The predicted octanol–water partition coefficient (Wildman–Crippen LogP) is 16.6. The molecule has 10 aromatic heterocycles. The van der Waals surface area contributed by atoms with E-state index < -0.39 is 0 Å². The number of para-hydroxylation sites is 6. The number of pyridine rings is 4. The van der Waals surface area contributed by atoms with Crippen LogP contribution in [0.1, 0.15) is 0 Å². The van der Waals surface area contributed by atoms with Gasteiger partial charge in [0.05, 0.1) is 103 Å². The highest BCUT2D eigenvalue weighted by molar-refractivity contribution is 6.18. The van der Waals surface area contributed by atoms with E-state index >= 15 is 0 Å². The number of hydrogen-bond acceptors (Lipinski definition) is 9. The Morgan fingerprint density at radius 1 is 0.259 bits per heavy atom. The van der Waals surface area contributed by atoms with Gasteiger partial charge in [0, 0.05) is 79.0 Å². The van der Waals surface area contributed by atoms with Crippen molar-refractivity contribution in [3.8, 4) is 68.4 Å². The summed E-state index contributed by atoms with van der Waals surface area (Å²) >= 11 is 0. The highest BCUT2D eigenvalue weighted by Crippen LogP contribution is 2.54. The van der Waals surface area contributed by atoms with Crippen LogP contribution in [-0.2, 0) is 0 Å². The van der Waals surface area contributed by atoms with E-state index in [9.17, 15) is 0 Å². The first-order chi connectivity index (χ1) is 42.2. The number of fused-ring (bicyclic) bond motifs is 13. The third-order valence-corrected chi connectivity index (χ3v) is 16.6. The van der Waals surface area contributed by atoms with E-state index in [4.69, 9.17) is 44.3 Å². The number of oxazole rings is 1. The first-order valence-corrected chi connectivity index (χ1v) is 28.0. The molecule has 18 rings (SSSR count). The standard InChI is InChI=1S/C72H42N12O/c1-3-17-43(18-4-1)69-78-70(44-19-5-2-6-20-44)80-71(79-69)63-65(81-54-26-12-7-21-45(54)49-31-35-73-39-58(49)81)67(83-56-28-14-9-23-47(56)51-33-37-75-41-60(51)83)64(72-77-53-25-11-16-30-62(53)85-72)68(84-57-29-15-10-24-48(57)52-34-38-76-42-61(52)84)66(63)82-55-27-13-8-22-46(55)50-32-36-74-40-59(50)82/h1-42H. The zero-order chi connectivity index (χ0) is 55.7. The van der Waals surface area contributed by atoms with Gasteiger partial charge in [-0.15, -0.1) is 0 Å². The molecule has 0 spiro atoms. The van der Waals surface area contributed by atoms with Gasteiger partial charge in [0.25, 0.3) is 0 Å². The van der Waals surface area contributed by atoms with Gasteiger partial charge in [-0.2, -0.15) is 0 Å². The lowest BCUT2D eigenvalue weighted by molar-refractivity contribution is 0.619. The van der Waals surface area contributed by atoms with E-state index in [0.29, 0.717) is 68.3 Å². The van der Waals surface area contributed by atoms with Crippen molar-refractivity contribution in [1.82, 2.24) is 58.1 Å². The molecule has 0 amide bonds. The van der Waals surface area contributed by atoms with Crippen molar-refractivity contribution >= 4 is 98.3 Å². The Morgan fingerprint density at radius 2 is 0.576 bits per heavy atom. The Morgan fingerprint density at radius 3 is 0.965 bits per heavy atom. The smallest absolute Gasteiger partial charge is 0.231 e. The first kappa shape index (κ1) is 46.8. The van der Waals surface area contributed by atoms with E-state index in [2.05, 4.69) is 164 Å². The summed E-state index contributed by atoms with van der Waals surface area (Å²) in [6, 6.07) is 70.9. The van der Waals surface area contributed by atoms with Gasteiger partial charge in [-0.25, -0.2) is 19.9 Å². The zero-order valence-corrected chi connectivity index (χ0v) is 45.0. The molecular formula is C72H42N12O. The third-order valence-electron chi connectivity index (χ3n) is 16.6. The van der Waals surface area contributed by atoms with Gasteiger partial charge in [0.2, 0.25) is 5.89 Å². The second-order valence-corrected chi connectivity index (χ2v) is 21.2. The van der Waals surface area contributed by atoms with Crippen LogP contribution in [0, 0.1) is 0 Å². The summed E-state index contributed by atoms with van der Waals surface area (Å²) in [5, 5.41) is 8.11. The van der Waals surface area contributed by atoms with Crippen molar-refractivity contribution in [3.63, 3.8) is 0 Å². The van der Waals surface area contributed by atoms with Crippen LogP contribution in [0.2, 0.25) is 0 Å². The Labute approximate surface area is 482 Å². The second-order valence-electron chi connectivity index (χ2n) is 21.2. The minimum atomic E-state index is 0.369. The summed E-state index contributed by atoms with van der Waals surface area (Å²) in [5.41, 5.74) is 14.2. The monoisotopic (exact) mass is 1090 g/mol. The van der Waals surface area contributed by atoms with Crippen LogP contribution in [0.25, 0.3) is 167 Å². The molecule has 13 heteroatoms. The summed E-state index contributed by atoms with van der Waals surface area (Å²) in [5.74, 6) is 1.74. The largest absolute Gasteiger partial charge is 0.436 e. The highest BCUT2D eigenvalue weighted by Gasteiger charge is 2.38. The quantitative estimate of drug-likeness (QED) is 0.146. The molecule has 0 fully saturated rings. The Hall–Kier alpha value is -12.0. The average Bonchev–Trinajstić information content (AvgIpc) is 1.68. The predicted molar refractivity (Wildman–Crippen MR) is 338 cm³/mol. The number of rotatable bonds is 8.